The van der Waals surface area contributed by atoms with Gasteiger partial charge in [0.25, 0.3) is 0 Å². The molecule has 0 fully saturated rings. The number of carbonyl (C=O) groups excluding carboxylic acids is 1. The Morgan fingerprint density at radius 3 is 2.59 bits per heavy atom. The van der Waals surface area contributed by atoms with Crippen LogP contribution < -0.4 is 14.8 Å². The molecule has 0 bridgehead atoms. The van der Waals surface area contributed by atoms with Gasteiger partial charge in [-0.15, -0.1) is 0 Å². The molecule has 29 heavy (non-hydrogen) atoms. The van der Waals surface area contributed by atoms with E-state index in [1.54, 1.807) is 0 Å². The molecular formula is C22H22ClN3O3. The van der Waals surface area contributed by atoms with Crippen LogP contribution in [0.4, 0.5) is 0 Å². The first-order valence-electron chi connectivity index (χ1n) is 9.47. The molecule has 0 aliphatic carbocycles. The highest BCUT2D eigenvalue weighted by molar-refractivity contribution is 6.30. The molecule has 2 aromatic carbocycles. The normalized spacial score (nSPS) is 12.7. The Labute approximate surface area is 174 Å². The summed E-state index contributed by atoms with van der Waals surface area (Å²) in [6.45, 7) is 5.42. The number of hydrogen-bond acceptors (Lipinski definition) is 4. The van der Waals surface area contributed by atoms with Gasteiger partial charge in [0.1, 0.15) is 13.2 Å². The molecule has 0 spiro atoms. The van der Waals surface area contributed by atoms with E-state index in [0.29, 0.717) is 24.8 Å². The molecule has 0 saturated carbocycles. The monoisotopic (exact) mass is 411 g/mol. The molecule has 1 aromatic heterocycles. The van der Waals surface area contributed by atoms with Crippen LogP contribution in [0.25, 0.3) is 5.69 Å². The number of rotatable bonds is 5. The van der Waals surface area contributed by atoms with Gasteiger partial charge in [0, 0.05) is 22.8 Å². The van der Waals surface area contributed by atoms with Gasteiger partial charge >= 0.3 is 0 Å². The number of hydrogen-bond donors (Lipinski definition) is 1. The van der Waals surface area contributed by atoms with Crippen molar-refractivity contribution >= 4 is 17.5 Å². The van der Waals surface area contributed by atoms with Crippen molar-refractivity contribution in [1.29, 1.82) is 0 Å². The Balaban J connectivity index is 1.43. The SMILES string of the molecule is Cc1nn(-c2ccc(Cl)cc2)c(C)c1CC(=O)NCc1ccc2c(c1)OCCO2. The molecule has 3 aromatic rings. The van der Waals surface area contributed by atoms with Crippen LogP contribution in [0.5, 0.6) is 11.5 Å². The van der Waals surface area contributed by atoms with Crippen molar-refractivity contribution in [3.05, 3.63) is 70.0 Å². The van der Waals surface area contributed by atoms with Gasteiger partial charge in [0.05, 0.1) is 17.8 Å². The van der Waals surface area contributed by atoms with E-state index in [2.05, 4.69) is 10.4 Å². The van der Waals surface area contributed by atoms with E-state index in [4.69, 9.17) is 21.1 Å². The van der Waals surface area contributed by atoms with Crippen molar-refractivity contribution < 1.29 is 14.3 Å². The number of amides is 1. The topological polar surface area (TPSA) is 65.4 Å². The van der Waals surface area contributed by atoms with Crippen molar-refractivity contribution in [2.75, 3.05) is 13.2 Å². The fourth-order valence-electron chi connectivity index (χ4n) is 3.39. The van der Waals surface area contributed by atoms with E-state index in [0.717, 1.165) is 39.7 Å². The number of halogens is 1. The fourth-order valence-corrected chi connectivity index (χ4v) is 3.51. The van der Waals surface area contributed by atoms with Crippen molar-refractivity contribution in [2.24, 2.45) is 0 Å². The van der Waals surface area contributed by atoms with Gasteiger partial charge in [-0.05, 0) is 55.8 Å². The van der Waals surface area contributed by atoms with Crippen LogP contribution in [-0.2, 0) is 17.8 Å². The zero-order valence-corrected chi connectivity index (χ0v) is 17.1. The average Bonchev–Trinajstić information content (AvgIpc) is 3.01. The highest BCUT2D eigenvalue weighted by atomic mass is 35.5. The minimum atomic E-state index is -0.0539. The van der Waals surface area contributed by atoms with Crippen LogP contribution in [0.3, 0.4) is 0 Å². The molecule has 1 amide bonds. The minimum Gasteiger partial charge on any atom is -0.486 e. The third-order valence-electron chi connectivity index (χ3n) is 4.95. The summed E-state index contributed by atoms with van der Waals surface area (Å²) in [5.74, 6) is 1.41. The fraction of sp³-hybridized carbons (Fsp3) is 0.273. The second-order valence-electron chi connectivity index (χ2n) is 6.97. The number of aromatic nitrogens is 2. The maximum atomic E-state index is 12.5. The Morgan fingerprint density at radius 1 is 1.10 bits per heavy atom. The van der Waals surface area contributed by atoms with Crippen molar-refractivity contribution in [1.82, 2.24) is 15.1 Å². The maximum Gasteiger partial charge on any atom is 0.224 e. The van der Waals surface area contributed by atoms with Crippen molar-refractivity contribution in [3.63, 3.8) is 0 Å². The Kier molecular flexibility index (Phi) is 5.45. The van der Waals surface area contributed by atoms with Crippen LogP contribution in [0.15, 0.2) is 42.5 Å². The van der Waals surface area contributed by atoms with Crippen LogP contribution in [-0.4, -0.2) is 28.9 Å². The third-order valence-corrected chi connectivity index (χ3v) is 5.20. The van der Waals surface area contributed by atoms with E-state index < -0.39 is 0 Å². The molecule has 0 saturated heterocycles. The molecule has 0 unspecified atom stereocenters. The molecule has 1 aliphatic rings. The van der Waals surface area contributed by atoms with Crippen LogP contribution in [0.2, 0.25) is 5.02 Å². The summed E-state index contributed by atoms with van der Waals surface area (Å²) in [7, 11) is 0. The second-order valence-corrected chi connectivity index (χ2v) is 7.41. The van der Waals surface area contributed by atoms with E-state index >= 15 is 0 Å². The summed E-state index contributed by atoms with van der Waals surface area (Å²) < 4.78 is 13.0. The Hall–Kier alpha value is -2.99. The molecule has 2 heterocycles. The summed E-state index contributed by atoms with van der Waals surface area (Å²) in [4.78, 5) is 12.5. The number of ether oxygens (including phenoxy) is 2. The average molecular weight is 412 g/mol. The van der Waals surface area contributed by atoms with Crippen LogP contribution in [0.1, 0.15) is 22.5 Å². The molecular weight excluding hydrogens is 390 g/mol. The number of benzene rings is 2. The van der Waals surface area contributed by atoms with E-state index in [1.807, 2.05) is 61.0 Å². The molecule has 1 aliphatic heterocycles. The number of nitrogens with zero attached hydrogens (tertiary/aromatic N) is 2. The van der Waals surface area contributed by atoms with Gasteiger partial charge in [-0.2, -0.15) is 5.10 Å². The maximum absolute atomic E-state index is 12.5. The number of aryl methyl sites for hydroxylation is 1. The van der Waals surface area contributed by atoms with Gasteiger partial charge in [0.2, 0.25) is 5.91 Å². The van der Waals surface area contributed by atoms with Crippen LogP contribution >= 0.6 is 11.6 Å². The molecule has 0 radical (unpaired) electrons. The molecule has 0 atom stereocenters. The molecule has 6 nitrogen and oxygen atoms in total. The molecule has 1 N–H and O–H groups in total. The Morgan fingerprint density at radius 2 is 1.83 bits per heavy atom. The second kappa shape index (κ2) is 8.17. The lowest BCUT2D eigenvalue weighted by Gasteiger charge is -2.19. The zero-order chi connectivity index (χ0) is 20.4. The van der Waals surface area contributed by atoms with Gasteiger partial charge in [-0.3, -0.25) is 4.79 Å². The smallest absolute Gasteiger partial charge is 0.224 e. The predicted octanol–water partition coefficient (Wildman–Crippen LogP) is 3.77. The lowest BCUT2D eigenvalue weighted by atomic mass is 10.1. The van der Waals surface area contributed by atoms with Crippen molar-refractivity contribution in [2.45, 2.75) is 26.8 Å². The van der Waals surface area contributed by atoms with E-state index in [1.165, 1.54) is 0 Å². The third kappa shape index (κ3) is 4.22. The van der Waals surface area contributed by atoms with Gasteiger partial charge in [0.15, 0.2) is 11.5 Å². The highest BCUT2D eigenvalue weighted by Crippen LogP contribution is 2.30. The summed E-state index contributed by atoms with van der Waals surface area (Å²) in [6, 6.07) is 13.2. The predicted molar refractivity (Wildman–Crippen MR) is 111 cm³/mol. The number of carbonyl (C=O) groups is 1. The van der Waals surface area contributed by atoms with Gasteiger partial charge < -0.3 is 14.8 Å². The van der Waals surface area contributed by atoms with Crippen molar-refractivity contribution in [3.8, 4) is 17.2 Å². The largest absolute Gasteiger partial charge is 0.486 e. The summed E-state index contributed by atoms with van der Waals surface area (Å²) in [6.07, 6.45) is 0.274. The Bertz CT molecular complexity index is 1040. The number of nitrogens with one attached hydrogen (secondary N) is 1. The van der Waals surface area contributed by atoms with Crippen LogP contribution in [0, 0.1) is 13.8 Å². The molecule has 7 heteroatoms. The standard InChI is InChI=1S/C22H22ClN3O3/c1-14-19(15(2)26(25-14)18-6-4-17(23)5-7-18)12-22(27)24-13-16-3-8-20-21(11-16)29-10-9-28-20/h3-8,11H,9-10,12-13H2,1-2H3,(H,24,27). The number of fused-ring (bicyclic) bond motifs is 1. The zero-order valence-electron chi connectivity index (χ0n) is 16.4. The first-order chi connectivity index (χ1) is 14.0. The van der Waals surface area contributed by atoms with Gasteiger partial charge in [-0.25, -0.2) is 4.68 Å². The van der Waals surface area contributed by atoms with E-state index in [9.17, 15) is 4.79 Å². The highest BCUT2D eigenvalue weighted by Gasteiger charge is 2.17. The quantitative estimate of drug-likeness (QED) is 0.694. The summed E-state index contributed by atoms with van der Waals surface area (Å²) in [5, 5.41) is 8.24. The minimum absolute atomic E-state index is 0.0539. The summed E-state index contributed by atoms with van der Waals surface area (Å²) >= 11 is 5.97. The first-order valence-corrected chi connectivity index (χ1v) is 9.85. The first kappa shape index (κ1) is 19.3. The van der Waals surface area contributed by atoms with Gasteiger partial charge in [-0.1, -0.05) is 17.7 Å². The molecule has 4 rings (SSSR count). The molecule has 150 valence electrons. The van der Waals surface area contributed by atoms with E-state index in [-0.39, 0.29) is 12.3 Å². The summed E-state index contributed by atoms with van der Waals surface area (Å²) in [5.41, 5.74) is 4.59. The lowest BCUT2D eigenvalue weighted by Crippen LogP contribution is -2.25. The lowest BCUT2D eigenvalue weighted by molar-refractivity contribution is -0.120.